The Morgan fingerprint density at radius 2 is 1.73 bits per heavy atom. The topological polar surface area (TPSA) is 69.0 Å². The number of carbonyl (C=O) groups is 1. The molecule has 0 spiro atoms. The maximum absolute atomic E-state index is 12.5. The average molecular weight is 499 g/mol. The standard InChI is InChI=1S/C24H20Cl2N4O2S/c1-15-3-5-16(6-4-15)23-28-29-24(30(23)18-8-10-19(32-2)11-9-18)33-14-22(31)27-17-7-12-20(25)21(26)13-17/h3-13H,14H2,1-2H3,(H,27,31). The fraction of sp³-hybridized carbons (Fsp3) is 0.125. The Morgan fingerprint density at radius 3 is 2.39 bits per heavy atom. The minimum absolute atomic E-state index is 0.141. The fourth-order valence-corrected chi connectivity index (χ4v) is 4.17. The predicted molar refractivity (Wildman–Crippen MR) is 134 cm³/mol. The number of aryl methyl sites for hydroxylation is 1. The number of carbonyl (C=O) groups excluding carboxylic acids is 1. The van der Waals surface area contributed by atoms with E-state index in [1.165, 1.54) is 11.8 Å². The molecule has 4 rings (SSSR count). The van der Waals surface area contributed by atoms with Crippen LogP contribution in [0.4, 0.5) is 5.69 Å². The summed E-state index contributed by atoms with van der Waals surface area (Å²) in [7, 11) is 1.62. The minimum atomic E-state index is -0.195. The Kier molecular flexibility index (Phi) is 7.23. The quantitative estimate of drug-likeness (QED) is 0.303. The van der Waals surface area contributed by atoms with Gasteiger partial charge in [0.1, 0.15) is 5.75 Å². The molecule has 33 heavy (non-hydrogen) atoms. The lowest BCUT2D eigenvalue weighted by Crippen LogP contribution is -2.14. The van der Waals surface area contributed by atoms with Gasteiger partial charge in [-0.25, -0.2) is 0 Å². The number of aromatic nitrogens is 3. The third-order valence-electron chi connectivity index (χ3n) is 4.81. The van der Waals surface area contributed by atoms with Crippen LogP contribution in [0.3, 0.4) is 0 Å². The smallest absolute Gasteiger partial charge is 0.234 e. The van der Waals surface area contributed by atoms with E-state index in [4.69, 9.17) is 27.9 Å². The number of rotatable bonds is 7. The number of benzene rings is 3. The first kappa shape index (κ1) is 23.2. The first-order chi connectivity index (χ1) is 15.9. The molecule has 0 aliphatic heterocycles. The molecule has 0 bridgehead atoms. The maximum Gasteiger partial charge on any atom is 0.234 e. The molecule has 3 aromatic carbocycles. The number of methoxy groups -OCH3 is 1. The van der Waals surface area contributed by atoms with E-state index in [0.717, 1.165) is 22.6 Å². The summed E-state index contributed by atoms with van der Waals surface area (Å²) < 4.78 is 7.21. The summed E-state index contributed by atoms with van der Waals surface area (Å²) in [5, 5.41) is 13.0. The van der Waals surface area contributed by atoms with Crippen molar-refractivity contribution in [2.24, 2.45) is 0 Å². The Bertz CT molecular complexity index is 1270. The van der Waals surface area contributed by atoms with E-state index in [0.29, 0.717) is 26.7 Å². The normalized spacial score (nSPS) is 10.8. The van der Waals surface area contributed by atoms with Crippen LogP contribution in [-0.4, -0.2) is 33.5 Å². The number of halogens is 2. The van der Waals surface area contributed by atoms with Gasteiger partial charge in [0.15, 0.2) is 11.0 Å². The van der Waals surface area contributed by atoms with Crippen LogP contribution in [0, 0.1) is 6.92 Å². The van der Waals surface area contributed by atoms with Gasteiger partial charge in [0, 0.05) is 16.9 Å². The molecule has 9 heteroatoms. The predicted octanol–water partition coefficient (Wildman–Crippen LogP) is 6.29. The van der Waals surface area contributed by atoms with Crippen molar-refractivity contribution in [3.05, 3.63) is 82.3 Å². The molecule has 6 nitrogen and oxygen atoms in total. The van der Waals surface area contributed by atoms with Crippen molar-refractivity contribution in [2.45, 2.75) is 12.1 Å². The molecule has 1 N–H and O–H groups in total. The Labute approximate surface area is 205 Å². The molecular weight excluding hydrogens is 479 g/mol. The molecule has 168 valence electrons. The van der Waals surface area contributed by atoms with Gasteiger partial charge >= 0.3 is 0 Å². The lowest BCUT2D eigenvalue weighted by Gasteiger charge is -2.11. The second-order valence-electron chi connectivity index (χ2n) is 7.17. The number of hydrogen-bond donors (Lipinski definition) is 1. The highest BCUT2D eigenvalue weighted by Gasteiger charge is 2.17. The molecule has 0 atom stereocenters. The molecule has 1 heterocycles. The van der Waals surface area contributed by atoms with Crippen LogP contribution in [0.5, 0.6) is 5.75 Å². The Hall–Kier alpha value is -3.00. The molecule has 0 unspecified atom stereocenters. The van der Waals surface area contributed by atoms with E-state index in [2.05, 4.69) is 15.5 Å². The highest BCUT2D eigenvalue weighted by molar-refractivity contribution is 7.99. The summed E-state index contributed by atoms with van der Waals surface area (Å²) in [6, 6.07) is 20.6. The third-order valence-corrected chi connectivity index (χ3v) is 6.48. The van der Waals surface area contributed by atoms with Crippen molar-refractivity contribution in [1.82, 2.24) is 14.8 Å². The van der Waals surface area contributed by atoms with E-state index in [9.17, 15) is 4.79 Å². The van der Waals surface area contributed by atoms with Crippen molar-refractivity contribution in [1.29, 1.82) is 0 Å². The van der Waals surface area contributed by atoms with E-state index >= 15 is 0 Å². The van der Waals surface area contributed by atoms with E-state index in [1.54, 1.807) is 25.3 Å². The first-order valence-corrected chi connectivity index (χ1v) is 11.7. The molecule has 0 aliphatic carbocycles. The van der Waals surface area contributed by atoms with Gasteiger partial charge < -0.3 is 10.1 Å². The highest BCUT2D eigenvalue weighted by atomic mass is 35.5. The van der Waals surface area contributed by atoms with Crippen molar-refractivity contribution in [3.63, 3.8) is 0 Å². The van der Waals surface area contributed by atoms with Crippen molar-refractivity contribution < 1.29 is 9.53 Å². The van der Waals surface area contributed by atoms with Gasteiger partial charge in [-0.1, -0.05) is 64.8 Å². The summed E-state index contributed by atoms with van der Waals surface area (Å²) >= 11 is 13.3. The number of amides is 1. The van der Waals surface area contributed by atoms with Crippen molar-refractivity contribution in [3.8, 4) is 22.8 Å². The van der Waals surface area contributed by atoms with Gasteiger partial charge in [0.25, 0.3) is 0 Å². The minimum Gasteiger partial charge on any atom is -0.497 e. The van der Waals surface area contributed by atoms with Gasteiger partial charge in [-0.15, -0.1) is 10.2 Å². The van der Waals surface area contributed by atoms with Crippen LogP contribution in [0.25, 0.3) is 17.1 Å². The summed E-state index contributed by atoms with van der Waals surface area (Å²) in [4.78, 5) is 12.5. The first-order valence-electron chi connectivity index (χ1n) is 9.99. The number of nitrogens with zero attached hydrogens (tertiary/aromatic N) is 3. The average Bonchev–Trinajstić information content (AvgIpc) is 3.24. The number of anilines is 1. The summed E-state index contributed by atoms with van der Waals surface area (Å²) in [6.07, 6.45) is 0. The number of thioether (sulfide) groups is 1. The Morgan fingerprint density at radius 1 is 1.00 bits per heavy atom. The molecule has 4 aromatic rings. The van der Waals surface area contributed by atoms with Crippen LogP contribution < -0.4 is 10.1 Å². The lowest BCUT2D eigenvalue weighted by atomic mass is 10.1. The lowest BCUT2D eigenvalue weighted by molar-refractivity contribution is -0.113. The van der Waals surface area contributed by atoms with Crippen LogP contribution in [0.15, 0.2) is 71.9 Å². The number of ether oxygens (including phenoxy) is 1. The summed E-state index contributed by atoms with van der Waals surface area (Å²) in [5.41, 5.74) is 3.52. The largest absolute Gasteiger partial charge is 0.497 e. The van der Waals surface area contributed by atoms with Crippen LogP contribution in [0.1, 0.15) is 5.56 Å². The van der Waals surface area contributed by atoms with Gasteiger partial charge in [-0.3, -0.25) is 9.36 Å². The summed E-state index contributed by atoms with van der Waals surface area (Å²) in [6.45, 7) is 2.03. The van der Waals surface area contributed by atoms with Gasteiger partial charge in [0.2, 0.25) is 5.91 Å². The third kappa shape index (κ3) is 5.50. The molecular formula is C24H20Cl2N4O2S. The molecule has 0 fully saturated rings. The second kappa shape index (κ2) is 10.3. The van der Waals surface area contributed by atoms with Crippen LogP contribution >= 0.6 is 35.0 Å². The second-order valence-corrected chi connectivity index (χ2v) is 8.93. The van der Waals surface area contributed by atoms with Crippen molar-refractivity contribution >= 4 is 46.6 Å². The molecule has 0 aliphatic rings. The van der Waals surface area contributed by atoms with Crippen LogP contribution in [-0.2, 0) is 4.79 Å². The van der Waals surface area contributed by atoms with E-state index in [1.807, 2.05) is 60.0 Å². The number of hydrogen-bond acceptors (Lipinski definition) is 5. The fourth-order valence-electron chi connectivity index (χ4n) is 3.12. The zero-order valence-corrected chi connectivity index (χ0v) is 20.2. The monoisotopic (exact) mass is 498 g/mol. The van der Waals surface area contributed by atoms with E-state index in [-0.39, 0.29) is 11.7 Å². The highest BCUT2D eigenvalue weighted by Crippen LogP contribution is 2.30. The van der Waals surface area contributed by atoms with Gasteiger partial charge in [-0.2, -0.15) is 0 Å². The zero-order chi connectivity index (χ0) is 23.4. The maximum atomic E-state index is 12.5. The molecule has 1 amide bonds. The zero-order valence-electron chi connectivity index (χ0n) is 17.9. The van der Waals surface area contributed by atoms with Gasteiger partial charge in [0.05, 0.1) is 22.9 Å². The van der Waals surface area contributed by atoms with Crippen molar-refractivity contribution in [2.75, 3.05) is 18.2 Å². The number of nitrogens with one attached hydrogen (secondary N) is 1. The molecule has 0 saturated carbocycles. The molecule has 0 radical (unpaired) electrons. The molecule has 0 saturated heterocycles. The van der Waals surface area contributed by atoms with E-state index < -0.39 is 0 Å². The summed E-state index contributed by atoms with van der Waals surface area (Å²) in [5.74, 6) is 1.38. The molecule has 1 aromatic heterocycles. The SMILES string of the molecule is COc1ccc(-n2c(SCC(=O)Nc3ccc(Cl)c(Cl)c3)nnc2-c2ccc(C)cc2)cc1. The van der Waals surface area contributed by atoms with Crippen LogP contribution in [0.2, 0.25) is 10.0 Å². The Balaban J connectivity index is 1.59. The van der Waals surface area contributed by atoms with Gasteiger partial charge in [-0.05, 0) is 49.4 Å².